The zero-order chi connectivity index (χ0) is 17.1. The lowest BCUT2D eigenvalue weighted by Gasteiger charge is -2.19. The van der Waals surface area contributed by atoms with E-state index in [-0.39, 0.29) is 10.8 Å². The van der Waals surface area contributed by atoms with Crippen molar-refractivity contribution in [2.75, 3.05) is 0 Å². The number of hydrogen-bond donors (Lipinski definition) is 2. The Hall–Kier alpha value is -1.41. The number of thioether (sulfide) groups is 1. The molecule has 1 rings (SSSR count). The van der Waals surface area contributed by atoms with Crippen molar-refractivity contribution in [3.05, 3.63) is 28.8 Å². The molecule has 0 fully saturated rings. The number of imide groups is 1. The van der Waals surface area contributed by atoms with E-state index in [0.717, 1.165) is 23.9 Å². The van der Waals surface area contributed by atoms with Crippen LogP contribution in [0.5, 0.6) is 0 Å². The highest BCUT2D eigenvalue weighted by Crippen LogP contribution is 2.38. The van der Waals surface area contributed by atoms with Gasteiger partial charge in [0, 0.05) is 4.90 Å². The zero-order valence-electron chi connectivity index (χ0n) is 11.7. The van der Waals surface area contributed by atoms with Crippen LogP contribution < -0.4 is 11.1 Å². The lowest BCUT2D eigenvalue weighted by Crippen LogP contribution is -2.42. The number of hydrogen-bond acceptors (Lipinski definition) is 3. The van der Waals surface area contributed by atoms with Crippen molar-refractivity contribution >= 4 is 35.3 Å². The molecule has 22 heavy (non-hydrogen) atoms. The average Bonchev–Trinajstić information content (AvgIpc) is 2.34. The van der Waals surface area contributed by atoms with E-state index in [2.05, 4.69) is 0 Å². The van der Waals surface area contributed by atoms with Gasteiger partial charge in [0.1, 0.15) is 0 Å². The number of rotatable bonds is 4. The first-order valence-corrected chi connectivity index (χ1v) is 7.42. The highest BCUT2D eigenvalue weighted by Gasteiger charge is 2.34. The van der Waals surface area contributed by atoms with Crippen molar-refractivity contribution in [1.82, 2.24) is 5.32 Å². The Labute approximate surface area is 134 Å². The monoisotopic (exact) mass is 354 g/mol. The van der Waals surface area contributed by atoms with Crippen molar-refractivity contribution < 1.29 is 22.8 Å². The van der Waals surface area contributed by atoms with Gasteiger partial charge >= 0.3 is 12.2 Å². The van der Waals surface area contributed by atoms with Gasteiger partial charge in [-0.3, -0.25) is 10.1 Å². The topological polar surface area (TPSA) is 72.2 Å². The maximum absolute atomic E-state index is 12.8. The van der Waals surface area contributed by atoms with Gasteiger partial charge < -0.3 is 5.73 Å². The number of halogens is 4. The number of alkyl halides is 3. The minimum atomic E-state index is -4.59. The number of primary amides is 1. The van der Waals surface area contributed by atoms with Crippen LogP contribution in [0.15, 0.2) is 23.1 Å². The SMILES string of the molecule is CC(C)[C@H](Sc1ccc(Cl)c(C(F)(F)F)c1)C(=O)NC(N)=O. The predicted molar refractivity (Wildman–Crippen MR) is 78.7 cm³/mol. The zero-order valence-corrected chi connectivity index (χ0v) is 13.3. The van der Waals surface area contributed by atoms with Crippen molar-refractivity contribution in [1.29, 1.82) is 0 Å². The lowest BCUT2D eigenvalue weighted by molar-refractivity contribution is -0.137. The summed E-state index contributed by atoms with van der Waals surface area (Å²) < 4.78 is 38.5. The second-order valence-corrected chi connectivity index (χ2v) is 6.40. The van der Waals surface area contributed by atoms with E-state index in [1.165, 1.54) is 6.07 Å². The van der Waals surface area contributed by atoms with Crippen LogP contribution in [-0.4, -0.2) is 17.2 Å². The molecule has 1 aromatic carbocycles. The van der Waals surface area contributed by atoms with Crippen LogP contribution in [0.25, 0.3) is 0 Å². The van der Waals surface area contributed by atoms with Crippen molar-refractivity contribution in [2.24, 2.45) is 11.7 Å². The number of nitrogens with two attached hydrogens (primary N) is 1. The van der Waals surface area contributed by atoms with Crippen LogP contribution in [0, 0.1) is 5.92 Å². The van der Waals surface area contributed by atoms with Gasteiger partial charge in [-0.1, -0.05) is 25.4 Å². The maximum Gasteiger partial charge on any atom is 0.417 e. The van der Waals surface area contributed by atoms with Crippen LogP contribution in [0.3, 0.4) is 0 Å². The summed E-state index contributed by atoms with van der Waals surface area (Å²) in [4.78, 5) is 22.8. The van der Waals surface area contributed by atoms with Gasteiger partial charge in [0.05, 0.1) is 15.8 Å². The van der Waals surface area contributed by atoms with Crippen molar-refractivity contribution in [3.63, 3.8) is 0 Å². The Kier molecular flexibility index (Phi) is 6.13. The summed E-state index contributed by atoms with van der Waals surface area (Å²) >= 11 is 6.45. The molecule has 0 saturated heterocycles. The number of carbonyl (C=O) groups excluding carboxylic acids is 2. The van der Waals surface area contributed by atoms with E-state index in [0.29, 0.717) is 0 Å². The fraction of sp³-hybridized carbons (Fsp3) is 0.385. The Morgan fingerprint density at radius 3 is 2.36 bits per heavy atom. The van der Waals surface area contributed by atoms with Gasteiger partial charge in [0.15, 0.2) is 0 Å². The molecular formula is C13H14ClF3N2O2S. The van der Waals surface area contributed by atoms with Gasteiger partial charge in [-0.15, -0.1) is 11.8 Å². The molecule has 4 nitrogen and oxygen atoms in total. The minimum absolute atomic E-state index is 0.218. The maximum atomic E-state index is 12.8. The molecule has 122 valence electrons. The summed E-state index contributed by atoms with van der Waals surface area (Å²) in [7, 11) is 0. The Bertz CT molecular complexity index is 579. The first-order valence-electron chi connectivity index (χ1n) is 6.16. The lowest BCUT2D eigenvalue weighted by atomic mass is 10.1. The van der Waals surface area contributed by atoms with Gasteiger partial charge in [-0.05, 0) is 24.1 Å². The number of amides is 3. The molecule has 0 aliphatic carbocycles. The first-order chi connectivity index (χ1) is 10.0. The fourth-order valence-corrected chi connectivity index (χ4v) is 2.91. The molecule has 0 aliphatic heterocycles. The Morgan fingerprint density at radius 1 is 1.32 bits per heavy atom. The number of nitrogens with one attached hydrogen (secondary N) is 1. The normalized spacial score (nSPS) is 13.0. The molecular weight excluding hydrogens is 341 g/mol. The smallest absolute Gasteiger partial charge is 0.351 e. The minimum Gasteiger partial charge on any atom is -0.351 e. The molecule has 0 radical (unpaired) electrons. The van der Waals surface area contributed by atoms with Crippen LogP contribution in [0.1, 0.15) is 19.4 Å². The van der Waals surface area contributed by atoms with Gasteiger partial charge in [0.2, 0.25) is 5.91 Å². The summed E-state index contributed by atoms with van der Waals surface area (Å²) in [5.41, 5.74) is 3.90. The van der Waals surface area contributed by atoms with E-state index in [1.54, 1.807) is 13.8 Å². The number of carbonyl (C=O) groups is 2. The molecule has 9 heteroatoms. The number of urea groups is 1. The van der Waals surface area contributed by atoms with Crippen LogP contribution in [0.4, 0.5) is 18.0 Å². The summed E-state index contributed by atoms with van der Waals surface area (Å²) in [6, 6.07) is 2.37. The molecule has 0 saturated carbocycles. The molecule has 0 aromatic heterocycles. The molecule has 0 aliphatic rings. The number of benzene rings is 1. The van der Waals surface area contributed by atoms with E-state index in [9.17, 15) is 22.8 Å². The molecule has 1 atom stereocenters. The third kappa shape index (κ3) is 5.10. The highest BCUT2D eigenvalue weighted by molar-refractivity contribution is 8.00. The Morgan fingerprint density at radius 2 is 1.91 bits per heavy atom. The molecule has 1 aromatic rings. The summed E-state index contributed by atoms with van der Waals surface area (Å²) in [5, 5.41) is 0.746. The highest BCUT2D eigenvalue weighted by atomic mass is 35.5. The van der Waals surface area contributed by atoms with Crippen molar-refractivity contribution in [3.8, 4) is 0 Å². The third-order valence-electron chi connectivity index (χ3n) is 2.62. The third-order valence-corrected chi connectivity index (χ3v) is 4.48. The van der Waals surface area contributed by atoms with Crippen LogP contribution in [-0.2, 0) is 11.0 Å². The van der Waals surface area contributed by atoms with Crippen molar-refractivity contribution in [2.45, 2.75) is 30.2 Å². The quantitative estimate of drug-likeness (QED) is 0.810. The molecule has 0 unspecified atom stereocenters. The summed E-state index contributed by atoms with van der Waals surface area (Å²) in [6.45, 7) is 3.41. The second kappa shape index (κ2) is 7.23. The van der Waals surface area contributed by atoms with E-state index >= 15 is 0 Å². The largest absolute Gasteiger partial charge is 0.417 e. The summed E-state index contributed by atoms with van der Waals surface area (Å²) in [5.74, 6) is -0.884. The molecule has 3 N–H and O–H groups in total. The van der Waals surface area contributed by atoms with E-state index in [4.69, 9.17) is 17.3 Å². The van der Waals surface area contributed by atoms with E-state index in [1.807, 2.05) is 5.32 Å². The molecule has 0 bridgehead atoms. The van der Waals surface area contributed by atoms with Gasteiger partial charge in [-0.2, -0.15) is 13.2 Å². The first kappa shape index (κ1) is 18.6. The van der Waals surface area contributed by atoms with E-state index < -0.39 is 34.0 Å². The standard InChI is InChI=1S/C13H14ClF3N2O2S/c1-6(2)10(11(20)19-12(18)21)22-7-3-4-9(14)8(5-7)13(15,16)17/h3-6,10H,1-2H3,(H3,18,19,20,21)/t10-/m0/s1. The fourth-order valence-electron chi connectivity index (χ4n) is 1.63. The Balaban J connectivity index is 3.05. The summed E-state index contributed by atoms with van der Waals surface area (Å²) in [6.07, 6.45) is -4.59. The molecule has 3 amide bonds. The molecule has 0 spiro atoms. The predicted octanol–water partition coefficient (Wildman–Crippen LogP) is 3.67. The molecule has 0 heterocycles. The average molecular weight is 355 g/mol. The van der Waals surface area contributed by atoms with Gasteiger partial charge in [0.25, 0.3) is 0 Å². The van der Waals surface area contributed by atoms with Crippen LogP contribution >= 0.6 is 23.4 Å². The van der Waals surface area contributed by atoms with Gasteiger partial charge in [-0.25, -0.2) is 4.79 Å². The van der Waals surface area contributed by atoms with Crippen LogP contribution in [0.2, 0.25) is 5.02 Å². The second-order valence-electron chi connectivity index (χ2n) is 4.78.